The summed E-state index contributed by atoms with van der Waals surface area (Å²) in [5, 5.41) is 15.8. The Hall–Kier alpha value is -2.97. The lowest BCUT2D eigenvalue weighted by atomic mass is 10.3. The Bertz CT molecular complexity index is 831. The summed E-state index contributed by atoms with van der Waals surface area (Å²) in [6.45, 7) is 1.63. The first-order valence-corrected chi connectivity index (χ1v) is 7.72. The van der Waals surface area contributed by atoms with Gasteiger partial charge in [-0.05, 0) is 19.1 Å². The Morgan fingerprint density at radius 1 is 1.11 bits per heavy atom. The lowest BCUT2D eigenvalue weighted by Crippen LogP contribution is -2.26. The Labute approximate surface area is 155 Å². The van der Waals surface area contributed by atoms with Gasteiger partial charge in [0.05, 0.1) is 15.8 Å². The Morgan fingerprint density at radius 3 is 2.07 bits per heavy atom. The van der Waals surface area contributed by atoms with Crippen molar-refractivity contribution in [3.8, 4) is 0 Å². The fourth-order valence-electron chi connectivity index (χ4n) is 1.48. The van der Waals surface area contributed by atoms with Crippen LogP contribution in [0, 0.1) is 0 Å². The van der Waals surface area contributed by atoms with Crippen molar-refractivity contribution in [1.82, 2.24) is 20.5 Å². The van der Waals surface area contributed by atoms with E-state index in [0.29, 0.717) is 17.2 Å². The van der Waals surface area contributed by atoms with Gasteiger partial charge in [-0.2, -0.15) is 31.4 Å². The Balaban J connectivity index is 0.000000480. The number of halogens is 6. The topological polar surface area (TPSA) is 125 Å². The van der Waals surface area contributed by atoms with Crippen molar-refractivity contribution in [3.05, 3.63) is 34.0 Å². The Morgan fingerprint density at radius 2 is 1.64 bits per heavy atom. The number of H-pyrrole nitrogens is 1. The van der Waals surface area contributed by atoms with Gasteiger partial charge < -0.3 is 10.4 Å². The summed E-state index contributed by atoms with van der Waals surface area (Å²) in [5.41, 5.74) is 0. The maximum Gasteiger partial charge on any atom is 0.490 e. The fourth-order valence-corrected chi connectivity index (χ4v) is 2.35. The number of nitrogens with one attached hydrogen (secondary N) is 2. The summed E-state index contributed by atoms with van der Waals surface area (Å²) >= 11 is 0.487. The lowest BCUT2D eigenvalue weighted by molar-refractivity contribution is -0.192. The molecule has 0 aliphatic rings. The summed E-state index contributed by atoms with van der Waals surface area (Å²) < 4.78 is 68.6. The number of carboxylic acid groups (broad SMARTS) is 1. The molecule has 0 saturated carbocycles. The fraction of sp³-hybridized carbons (Fsp3) is 0.308. The number of Topliss-reactive ketones (excluding diaryl/α,β-unsaturated/α-hetero) is 1. The van der Waals surface area contributed by atoms with E-state index in [-0.39, 0.29) is 4.88 Å². The van der Waals surface area contributed by atoms with Crippen LogP contribution in [0.25, 0.3) is 0 Å². The van der Waals surface area contributed by atoms with Crippen LogP contribution in [-0.4, -0.2) is 50.3 Å². The van der Waals surface area contributed by atoms with Gasteiger partial charge in [0.2, 0.25) is 0 Å². The standard InChI is InChI=1S/C11H9F3N4O2S.C2HF3O2/c1-5(9-15-4-16-18-9)17-10(20)7-3-2-6(21-7)8(19)11(12,13)14;3-2(4,5)1(6)7/h2-5H,1H3,(H,17,20)(H,15,16,18);(H,6,7). The van der Waals surface area contributed by atoms with Crippen LogP contribution in [0.15, 0.2) is 18.5 Å². The normalized spacial score (nSPS) is 12.5. The molecule has 28 heavy (non-hydrogen) atoms. The third-order valence-electron chi connectivity index (χ3n) is 2.74. The van der Waals surface area contributed by atoms with E-state index >= 15 is 0 Å². The summed E-state index contributed by atoms with van der Waals surface area (Å²) in [7, 11) is 0. The van der Waals surface area contributed by atoms with Gasteiger partial charge in [0.25, 0.3) is 11.7 Å². The molecule has 0 aliphatic heterocycles. The monoisotopic (exact) mass is 432 g/mol. The molecular weight excluding hydrogens is 422 g/mol. The second-order valence-corrected chi connectivity index (χ2v) is 5.94. The van der Waals surface area contributed by atoms with Gasteiger partial charge in [-0.15, -0.1) is 11.3 Å². The number of thiophene rings is 1. The number of carboxylic acids is 1. The predicted molar refractivity (Wildman–Crippen MR) is 80.7 cm³/mol. The minimum absolute atomic E-state index is 0.00830. The number of alkyl halides is 6. The highest BCUT2D eigenvalue weighted by Crippen LogP contribution is 2.26. The maximum absolute atomic E-state index is 12.3. The summed E-state index contributed by atoms with van der Waals surface area (Å²) in [5.74, 6) is -4.90. The highest BCUT2D eigenvalue weighted by molar-refractivity contribution is 7.16. The molecule has 0 spiro atoms. The maximum atomic E-state index is 12.3. The summed E-state index contributed by atoms with van der Waals surface area (Å²) in [6.07, 6.45) is -8.77. The Kier molecular flexibility index (Phi) is 7.26. The van der Waals surface area contributed by atoms with E-state index in [1.165, 1.54) is 12.4 Å². The van der Waals surface area contributed by atoms with Crippen molar-refractivity contribution in [2.24, 2.45) is 0 Å². The smallest absolute Gasteiger partial charge is 0.475 e. The number of nitrogens with zero attached hydrogens (tertiary/aromatic N) is 2. The molecule has 2 heterocycles. The van der Waals surface area contributed by atoms with Crippen molar-refractivity contribution in [1.29, 1.82) is 0 Å². The number of ketones is 1. The zero-order chi connectivity index (χ0) is 21.7. The predicted octanol–water partition coefficient (Wildman–Crippen LogP) is 2.74. The van der Waals surface area contributed by atoms with Gasteiger partial charge in [0.1, 0.15) is 12.2 Å². The highest BCUT2D eigenvalue weighted by atomic mass is 32.1. The second kappa shape index (κ2) is 8.81. The zero-order valence-electron chi connectivity index (χ0n) is 13.6. The van der Waals surface area contributed by atoms with Crippen molar-refractivity contribution in [2.45, 2.75) is 25.3 Å². The molecule has 0 fully saturated rings. The van der Waals surface area contributed by atoms with Crippen LogP contribution in [0.3, 0.4) is 0 Å². The number of hydrogen-bond acceptors (Lipinski definition) is 6. The van der Waals surface area contributed by atoms with E-state index in [1.54, 1.807) is 6.92 Å². The van der Waals surface area contributed by atoms with Gasteiger partial charge in [-0.1, -0.05) is 0 Å². The molecule has 0 radical (unpaired) electrons. The molecule has 15 heteroatoms. The van der Waals surface area contributed by atoms with Gasteiger partial charge >= 0.3 is 18.3 Å². The number of rotatable bonds is 4. The van der Waals surface area contributed by atoms with Gasteiger partial charge in [-0.25, -0.2) is 9.78 Å². The molecule has 8 nitrogen and oxygen atoms in total. The molecule has 2 rings (SSSR count). The molecule has 2 aromatic heterocycles. The van der Waals surface area contributed by atoms with E-state index in [1.807, 2.05) is 0 Å². The number of amides is 1. The van der Waals surface area contributed by atoms with Gasteiger partial charge in [-0.3, -0.25) is 14.7 Å². The van der Waals surface area contributed by atoms with Crippen molar-refractivity contribution in [3.63, 3.8) is 0 Å². The largest absolute Gasteiger partial charge is 0.490 e. The van der Waals surface area contributed by atoms with Gasteiger partial charge in [0.15, 0.2) is 0 Å². The average Bonchev–Trinajstić information content (AvgIpc) is 3.24. The number of aromatic nitrogens is 3. The van der Waals surface area contributed by atoms with Crippen molar-refractivity contribution < 1.29 is 45.8 Å². The van der Waals surface area contributed by atoms with E-state index in [9.17, 15) is 35.9 Å². The summed E-state index contributed by atoms with van der Waals surface area (Å²) in [4.78, 5) is 35.1. The van der Waals surface area contributed by atoms with Crippen LogP contribution < -0.4 is 5.32 Å². The molecule has 0 bridgehead atoms. The molecule has 0 aromatic carbocycles. The first kappa shape index (κ1) is 23.1. The molecule has 1 amide bonds. The molecule has 154 valence electrons. The van der Waals surface area contributed by atoms with Crippen LogP contribution in [0.2, 0.25) is 0 Å². The molecule has 1 unspecified atom stereocenters. The van der Waals surface area contributed by atoms with Crippen LogP contribution in [0.1, 0.15) is 38.1 Å². The van der Waals surface area contributed by atoms with E-state index in [2.05, 4.69) is 20.5 Å². The number of carbonyl (C=O) groups excluding carboxylic acids is 2. The van der Waals surface area contributed by atoms with E-state index in [4.69, 9.17) is 9.90 Å². The number of aliphatic carboxylic acids is 1. The van der Waals surface area contributed by atoms with Crippen LogP contribution in [0.4, 0.5) is 26.3 Å². The number of hydrogen-bond donors (Lipinski definition) is 3. The first-order valence-electron chi connectivity index (χ1n) is 6.91. The number of carbonyl (C=O) groups is 3. The molecule has 1 atom stereocenters. The minimum Gasteiger partial charge on any atom is -0.475 e. The average molecular weight is 432 g/mol. The molecule has 3 N–H and O–H groups in total. The lowest BCUT2D eigenvalue weighted by Gasteiger charge is -2.09. The minimum atomic E-state index is -5.08. The van der Waals surface area contributed by atoms with E-state index in [0.717, 1.165) is 6.07 Å². The highest BCUT2D eigenvalue weighted by Gasteiger charge is 2.40. The zero-order valence-corrected chi connectivity index (χ0v) is 14.4. The third-order valence-corrected chi connectivity index (χ3v) is 3.83. The molecule has 0 aliphatic carbocycles. The quantitative estimate of drug-likeness (QED) is 0.504. The van der Waals surface area contributed by atoms with Crippen LogP contribution in [0.5, 0.6) is 0 Å². The van der Waals surface area contributed by atoms with Crippen LogP contribution >= 0.6 is 11.3 Å². The molecular formula is C13H10F6N4O4S. The third kappa shape index (κ3) is 6.64. The van der Waals surface area contributed by atoms with Gasteiger partial charge in [0, 0.05) is 0 Å². The summed E-state index contributed by atoms with van der Waals surface area (Å²) in [6, 6.07) is 1.66. The van der Waals surface area contributed by atoms with Crippen LogP contribution in [-0.2, 0) is 4.79 Å². The van der Waals surface area contributed by atoms with Crippen molar-refractivity contribution >= 4 is 29.0 Å². The molecule has 2 aromatic rings. The molecule has 0 saturated heterocycles. The van der Waals surface area contributed by atoms with Crippen molar-refractivity contribution in [2.75, 3.05) is 0 Å². The first-order chi connectivity index (χ1) is 12.7. The number of aromatic amines is 1. The second-order valence-electron chi connectivity index (χ2n) is 4.86. The SMILES string of the molecule is CC(NC(=O)c1ccc(C(=O)C(F)(F)F)s1)c1ncn[nH]1.O=C(O)C(F)(F)F. The van der Waals surface area contributed by atoms with E-state index < -0.39 is 40.9 Å².